The van der Waals surface area contributed by atoms with Crippen molar-refractivity contribution in [2.24, 2.45) is 11.8 Å². The molecular formula is C14H24N2O2Si. The van der Waals surface area contributed by atoms with E-state index in [1.165, 1.54) is 0 Å². The molecule has 1 rings (SSSR count). The van der Waals surface area contributed by atoms with Crippen molar-refractivity contribution >= 4 is 8.32 Å². The van der Waals surface area contributed by atoms with E-state index in [1.807, 2.05) is 12.1 Å². The molecule has 0 amide bonds. The first kappa shape index (κ1) is 16.2. The van der Waals surface area contributed by atoms with E-state index < -0.39 is 14.2 Å². The summed E-state index contributed by atoms with van der Waals surface area (Å²) >= 11 is 0. The molecule has 2 atom stereocenters. The molecule has 0 N–H and O–H groups in total. The van der Waals surface area contributed by atoms with Gasteiger partial charge in [-0.25, -0.2) is 0 Å². The molecule has 1 saturated heterocycles. The zero-order chi connectivity index (χ0) is 14.7. The minimum Gasteiger partial charge on any atom is -0.416 e. The number of rotatable bonds is 4. The zero-order valence-corrected chi connectivity index (χ0v) is 13.6. The highest BCUT2D eigenvalue weighted by atomic mass is 28.4. The fourth-order valence-corrected chi connectivity index (χ4v) is 2.90. The lowest BCUT2D eigenvalue weighted by molar-refractivity contribution is 0.0889. The molecule has 4 nitrogen and oxygen atoms in total. The SMILES string of the molecule is CC(C)(C)[Si](C)(C)OCC1COC(C(C#N)C#N)C1. The van der Waals surface area contributed by atoms with E-state index >= 15 is 0 Å². The van der Waals surface area contributed by atoms with Crippen molar-refractivity contribution in [2.45, 2.75) is 51.4 Å². The van der Waals surface area contributed by atoms with Crippen molar-refractivity contribution in [1.82, 2.24) is 0 Å². The normalized spacial score (nSPS) is 24.2. The van der Waals surface area contributed by atoms with Gasteiger partial charge in [0.1, 0.15) is 0 Å². The first-order valence-electron chi connectivity index (χ1n) is 6.76. The van der Waals surface area contributed by atoms with Gasteiger partial charge in [0.15, 0.2) is 14.2 Å². The lowest BCUT2D eigenvalue weighted by atomic mass is 9.98. The van der Waals surface area contributed by atoms with E-state index in [4.69, 9.17) is 19.7 Å². The Morgan fingerprint density at radius 1 is 1.32 bits per heavy atom. The fraction of sp³-hybridized carbons (Fsp3) is 0.857. The van der Waals surface area contributed by atoms with Gasteiger partial charge >= 0.3 is 0 Å². The lowest BCUT2D eigenvalue weighted by Gasteiger charge is -2.36. The third-order valence-electron chi connectivity index (χ3n) is 4.25. The second-order valence-corrected chi connectivity index (χ2v) is 11.6. The van der Waals surface area contributed by atoms with E-state index in [1.54, 1.807) is 0 Å². The van der Waals surface area contributed by atoms with Crippen molar-refractivity contribution in [1.29, 1.82) is 10.5 Å². The third kappa shape index (κ3) is 4.04. The molecule has 0 aromatic rings. The number of nitrogens with zero attached hydrogens (tertiary/aromatic N) is 2. The van der Waals surface area contributed by atoms with Crippen LogP contribution in [0.1, 0.15) is 27.2 Å². The van der Waals surface area contributed by atoms with Crippen molar-refractivity contribution in [3.63, 3.8) is 0 Å². The minimum atomic E-state index is -1.72. The molecule has 2 unspecified atom stereocenters. The van der Waals surface area contributed by atoms with Gasteiger partial charge in [-0.1, -0.05) is 20.8 Å². The summed E-state index contributed by atoms with van der Waals surface area (Å²) in [7, 11) is -1.72. The third-order valence-corrected chi connectivity index (χ3v) is 8.75. The molecular weight excluding hydrogens is 256 g/mol. The topological polar surface area (TPSA) is 66.0 Å². The Labute approximate surface area is 117 Å². The predicted octanol–water partition coefficient (Wildman–Crippen LogP) is 3.08. The number of hydrogen-bond donors (Lipinski definition) is 0. The number of ether oxygens (including phenoxy) is 1. The molecule has 1 fully saturated rings. The molecule has 0 saturated carbocycles. The summed E-state index contributed by atoms with van der Waals surface area (Å²) in [6.07, 6.45) is 0.503. The summed E-state index contributed by atoms with van der Waals surface area (Å²) in [6.45, 7) is 12.4. The Hall–Kier alpha value is -0.883. The first-order chi connectivity index (χ1) is 8.71. The maximum atomic E-state index is 8.86. The maximum absolute atomic E-state index is 8.86. The smallest absolute Gasteiger partial charge is 0.191 e. The number of nitriles is 2. The van der Waals surface area contributed by atoms with Crippen LogP contribution in [0.25, 0.3) is 0 Å². The van der Waals surface area contributed by atoms with Gasteiger partial charge in [0, 0.05) is 12.5 Å². The van der Waals surface area contributed by atoms with Crippen molar-refractivity contribution in [3.05, 3.63) is 0 Å². The molecule has 0 radical (unpaired) electrons. The van der Waals surface area contributed by atoms with Crippen LogP contribution in [-0.4, -0.2) is 27.6 Å². The summed E-state index contributed by atoms with van der Waals surface area (Å²) in [4.78, 5) is 0. The van der Waals surface area contributed by atoms with Gasteiger partial charge in [-0.05, 0) is 24.6 Å². The average molecular weight is 280 g/mol. The molecule has 1 aliphatic heterocycles. The van der Waals surface area contributed by atoms with Gasteiger partial charge in [-0.3, -0.25) is 0 Å². The van der Waals surface area contributed by atoms with Gasteiger partial charge in [-0.2, -0.15) is 10.5 Å². The summed E-state index contributed by atoms with van der Waals surface area (Å²) < 4.78 is 11.7. The minimum absolute atomic E-state index is 0.202. The second-order valence-electron chi connectivity index (χ2n) is 6.78. The molecule has 106 valence electrons. The van der Waals surface area contributed by atoms with Crippen LogP contribution < -0.4 is 0 Å². The van der Waals surface area contributed by atoms with Crippen molar-refractivity contribution < 1.29 is 9.16 Å². The highest BCUT2D eigenvalue weighted by molar-refractivity contribution is 6.74. The Morgan fingerprint density at radius 2 is 1.89 bits per heavy atom. The first-order valence-corrected chi connectivity index (χ1v) is 9.67. The van der Waals surface area contributed by atoms with Crippen molar-refractivity contribution in [2.75, 3.05) is 13.2 Å². The van der Waals surface area contributed by atoms with Gasteiger partial charge in [0.25, 0.3) is 0 Å². The van der Waals surface area contributed by atoms with Gasteiger partial charge in [-0.15, -0.1) is 0 Å². The summed E-state index contributed by atoms with van der Waals surface area (Å²) in [5.41, 5.74) is 0. The van der Waals surface area contributed by atoms with Crippen LogP contribution in [0.4, 0.5) is 0 Å². The molecule has 5 heteroatoms. The largest absolute Gasteiger partial charge is 0.416 e. The summed E-state index contributed by atoms with van der Waals surface area (Å²) in [5.74, 6) is -0.346. The van der Waals surface area contributed by atoms with Crippen LogP contribution in [0.5, 0.6) is 0 Å². The van der Waals surface area contributed by atoms with Crippen LogP contribution in [0.3, 0.4) is 0 Å². The average Bonchev–Trinajstić information content (AvgIpc) is 2.75. The Kier molecular flexibility index (Phi) is 5.15. The summed E-state index contributed by atoms with van der Waals surface area (Å²) in [5, 5.41) is 17.9. The van der Waals surface area contributed by atoms with E-state index in [0.29, 0.717) is 19.1 Å². The van der Waals surface area contributed by atoms with Crippen LogP contribution in [0.2, 0.25) is 18.1 Å². The Morgan fingerprint density at radius 3 is 2.37 bits per heavy atom. The van der Waals surface area contributed by atoms with E-state index in [-0.39, 0.29) is 11.1 Å². The lowest BCUT2D eigenvalue weighted by Crippen LogP contribution is -2.42. The molecule has 19 heavy (non-hydrogen) atoms. The standard InChI is InChI=1S/C14H24N2O2Si/c1-14(2,3)19(4,5)18-10-11-6-13(17-9-11)12(7-15)8-16/h11-13H,6,9-10H2,1-5H3. The van der Waals surface area contributed by atoms with E-state index in [2.05, 4.69) is 33.9 Å². The van der Waals surface area contributed by atoms with Crippen LogP contribution in [0.15, 0.2) is 0 Å². The van der Waals surface area contributed by atoms with Gasteiger partial charge < -0.3 is 9.16 Å². The van der Waals surface area contributed by atoms with Crippen molar-refractivity contribution in [3.8, 4) is 12.1 Å². The van der Waals surface area contributed by atoms with Crippen LogP contribution in [-0.2, 0) is 9.16 Å². The van der Waals surface area contributed by atoms with Crippen LogP contribution in [0, 0.1) is 34.5 Å². The maximum Gasteiger partial charge on any atom is 0.191 e. The molecule has 0 aliphatic carbocycles. The molecule has 1 aliphatic rings. The van der Waals surface area contributed by atoms with Crippen LogP contribution >= 0.6 is 0 Å². The molecule has 0 spiro atoms. The Bertz CT molecular complexity index is 376. The monoisotopic (exact) mass is 280 g/mol. The van der Waals surface area contributed by atoms with Gasteiger partial charge in [0.2, 0.25) is 0 Å². The van der Waals surface area contributed by atoms with E-state index in [9.17, 15) is 0 Å². The highest BCUT2D eigenvalue weighted by Gasteiger charge is 2.39. The molecule has 0 aromatic carbocycles. The summed E-state index contributed by atoms with van der Waals surface area (Å²) in [6, 6.07) is 3.99. The highest BCUT2D eigenvalue weighted by Crippen LogP contribution is 2.37. The molecule has 0 bridgehead atoms. The fourth-order valence-electron chi connectivity index (χ4n) is 1.81. The Balaban J connectivity index is 2.47. The van der Waals surface area contributed by atoms with Gasteiger partial charge in [0.05, 0.1) is 24.8 Å². The number of hydrogen-bond acceptors (Lipinski definition) is 4. The quantitative estimate of drug-likeness (QED) is 0.742. The second kappa shape index (κ2) is 6.05. The van der Waals surface area contributed by atoms with E-state index in [0.717, 1.165) is 6.42 Å². The predicted molar refractivity (Wildman–Crippen MR) is 75.7 cm³/mol. The molecule has 1 heterocycles. The zero-order valence-electron chi connectivity index (χ0n) is 12.6. The molecule has 0 aromatic heterocycles.